The van der Waals surface area contributed by atoms with E-state index in [1.807, 2.05) is 13.8 Å². The van der Waals surface area contributed by atoms with E-state index in [4.69, 9.17) is 0 Å². The Morgan fingerprint density at radius 2 is 1.55 bits per heavy atom. The molecule has 33 heavy (non-hydrogen) atoms. The summed E-state index contributed by atoms with van der Waals surface area (Å²) in [6, 6.07) is 18.1. The first-order chi connectivity index (χ1) is 15.6. The van der Waals surface area contributed by atoms with E-state index in [2.05, 4.69) is 10.0 Å². The van der Waals surface area contributed by atoms with Crippen molar-refractivity contribution in [3.63, 3.8) is 0 Å². The van der Waals surface area contributed by atoms with Crippen LogP contribution < -0.4 is 10.0 Å². The molecule has 2 N–H and O–H groups in total. The molecule has 2 amide bonds. The number of benzene rings is 3. The number of nitrogens with one attached hydrogen (secondary N) is 2. The molecule has 3 aromatic carbocycles. The number of hydrogen-bond acceptors (Lipinski definition) is 5. The summed E-state index contributed by atoms with van der Waals surface area (Å²) in [6.07, 6.45) is 0. The zero-order chi connectivity index (χ0) is 24.2. The number of amides is 2. The fourth-order valence-corrected chi connectivity index (χ4v) is 4.71. The van der Waals surface area contributed by atoms with Crippen LogP contribution in [0, 0.1) is 13.8 Å². The lowest BCUT2D eigenvalue weighted by Crippen LogP contribution is -2.17. The van der Waals surface area contributed by atoms with Gasteiger partial charge in [0, 0.05) is 30.2 Å². The minimum Gasteiger partial charge on any atom is -0.339 e. The van der Waals surface area contributed by atoms with Gasteiger partial charge in [-0.3, -0.25) is 14.3 Å². The molecule has 0 saturated heterocycles. The van der Waals surface area contributed by atoms with E-state index in [-0.39, 0.29) is 16.0 Å². The highest BCUT2D eigenvalue weighted by Crippen LogP contribution is 2.29. The molecular formula is C24H25N3O4S2. The predicted octanol–water partition coefficient (Wildman–Crippen LogP) is 5.13. The molecule has 0 aliphatic heterocycles. The number of carbonyl (C=O) groups is 2. The van der Waals surface area contributed by atoms with Crippen LogP contribution in [0.3, 0.4) is 0 Å². The van der Waals surface area contributed by atoms with E-state index in [0.29, 0.717) is 21.8 Å². The fourth-order valence-electron chi connectivity index (χ4n) is 2.82. The number of hydrogen-bond donors (Lipinski definition) is 2. The third kappa shape index (κ3) is 6.15. The van der Waals surface area contributed by atoms with Crippen LogP contribution in [-0.2, 0) is 10.0 Å². The van der Waals surface area contributed by atoms with Crippen LogP contribution in [-0.4, -0.2) is 38.6 Å². The largest absolute Gasteiger partial charge is 0.339 e. The van der Waals surface area contributed by atoms with Crippen LogP contribution >= 0.6 is 11.8 Å². The zero-order valence-electron chi connectivity index (χ0n) is 18.7. The average molecular weight is 484 g/mol. The molecule has 3 rings (SSSR count). The van der Waals surface area contributed by atoms with E-state index in [1.54, 1.807) is 56.6 Å². The highest BCUT2D eigenvalue weighted by atomic mass is 32.2. The number of para-hydroxylation sites is 1. The lowest BCUT2D eigenvalue weighted by molar-refractivity contribution is 0.102. The number of thioether (sulfide) groups is 1. The zero-order valence-corrected chi connectivity index (χ0v) is 20.4. The van der Waals surface area contributed by atoms with Crippen LogP contribution in [0.4, 0.5) is 16.2 Å². The monoisotopic (exact) mass is 483 g/mol. The van der Waals surface area contributed by atoms with Crippen LogP contribution in [0.5, 0.6) is 0 Å². The molecule has 0 bridgehead atoms. The summed E-state index contributed by atoms with van der Waals surface area (Å²) < 4.78 is 27.9. The van der Waals surface area contributed by atoms with Crippen LogP contribution in [0.25, 0.3) is 0 Å². The molecule has 7 nitrogen and oxygen atoms in total. The maximum Gasteiger partial charge on any atom is 0.286 e. The molecule has 0 unspecified atom stereocenters. The molecule has 0 radical (unpaired) electrons. The Labute approximate surface area is 198 Å². The molecule has 0 aliphatic carbocycles. The Balaban J connectivity index is 1.72. The van der Waals surface area contributed by atoms with Crippen molar-refractivity contribution in [1.29, 1.82) is 0 Å². The van der Waals surface area contributed by atoms with Crippen molar-refractivity contribution >= 4 is 44.3 Å². The second-order valence-corrected chi connectivity index (χ2v) is 10.3. The first kappa shape index (κ1) is 24.3. The minimum atomic E-state index is -3.75. The third-order valence-electron chi connectivity index (χ3n) is 4.89. The molecule has 9 heteroatoms. The molecule has 0 fully saturated rings. The smallest absolute Gasteiger partial charge is 0.286 e. The van der Waals surface area contributed by atoms with Gasteiger partial charge in [0.05, 0.1) is 10.6 Å². The molecule has 0 aliphatic rings. The SMILES string of the molecule is Cc1ccc(S(=O)(=O)Nc2ccc(C(=O)Nc3ccccc3SC(=O)N(C)C)cc2)cc1C. The molecule has 0 saturated carbocycles. The predicted molar refractivity (Wildman–Crippen MR) is 133 cm³/mol. The van der Waals surface area contributed by atoms with Gasteiger partial charge in [-0.25, -0.2) is 8.42 Å². The molecule has 0 heterocycles. The summed E-state index contributed by atoms with van der Waals surface area (Å²) in [6.45, 7) is 3.77. The van der Waals surface area contributed by atoms with Gasteiger partial charge in [-0.15, -0.1) is 0 Å². The molecule has 3 aromatic rings. The van der Waals surface area contributed by atoms with E-state index < -0.39 is 10.0 Å². The fraction of sp³-hybridized carbons (Fsp3) is 0.167. The van der Waals surface area contributed by atoms with E-state index >= 15 is 0 Å². The van der Waals surface area contributed by atoms with Gasteiger partial charge >= 0.3 is 0 Å². The van der Waals surface area contributed by atoms with Gasteiger partial charge in [0.1, 0.15) is 0 Å². The van der Waals surface area contributed by atoms with Gasteiger partial charge in [-0.05, 0) is 85.3 Å². The molecule has 0 aromatic heterocycles. The molecule has 172 valence electrons. The molecule has 0 spiro atoms. The number of carbonyl (C=O) groups excluding carboxylic acids is 2. The van der Waals surface area contributed by atoms with Crippen LogP contribution in [0.1, 0.15) is 21.5 Å². The van der Waals surface area contributed by atoms with Gasteiger partial charge in [-0.2, -0.15) is 0 Å². The van der Waals surface area contributed by atoms with Gasteiger partial charge in [0.15, 0.2) is 0 Å². The lowest BCUT2D eigenvalue weighted by atomic mass is 10.1. The Morgan fingerprint density at radius 3 is 2.18 bits per heavy atom. The van der Waals surface area contributed by atoms with Crippen molar-refractivity contribution < 1.29 is 18.0 Å². The summed E-state index contributed by atoms with van der Waals surface area (Å²) in [7, 11) is -0.430. The Kier molecular flexibility index (Phi) is 7.45. The maximum atomic E-state index is 12.7. The standard InChI is InChI=1S/C24H25N3O4S2/c1-16-9-14-20(15-17(16)2)33(30,31)26-19-12-10-18(11-13-19)23(28)25-21-7-5-6-8-22(21)32-24(29)27(3)4/h5-15,26H,1-4H3,(H,25,28). The van der Waals surface area contributed by atoms with Crippen molar-refractivity contribution in [2.24, 2.45) is 0 Å². The summed E-state index contributed by atoms with van der Waals surface area (Å²) in [5.41, 5.74) is 3.10. The van der Waals surface area contributed by atoms with Crippen LogP contribution in [0.2, 0.25) is 0 Å². The van der Waals surface area contributed by atoms with E-state index in [0.717, 1.165) is 22.9 Å². The average Bonchev–Trinajstić information content (AvgIpc) is 2.77. The maximum absolute atomic E-state index is 12.7. The lowest BCUT2D eigenvalue weighted by Gasteiger charge is -2.13. The highest BCUT2D eigenvalue weighted by Gasteiger charge is 2.16. The van der Waals surface area contributed by atoms with E-state index in [1.165, 1.54) is 29.2 Å². The molecule has 0 atom stereocenters. The van der Waals surface area contributed by atoms with Gasteiger partial charge in [-0.1, -0.05) is 18.2 Å². The summed E-state index contributed by atoms with van der Waals surface area (Å²) in [5.74, 6) is -0.371. The normalized spacial score (nSPS) is 11.0. The van der Waals surface area contributed by atoms with Gasteiger partial charge in [0.2, 0.25) is 0 Å². The number of sulfonamides is 1. The van der Waals surface area contributed by atoms with Crippen molar-refractivity contribution in [1.82, 2.24) is 4.90 Å². The third-order valence-corrected chi connectivity index (χ3v) is 7.38. The first-order valence-corrected chi connectivity index (χ1v) is 12.4. The summed E-state index contributed by atoms with van der Waals surface area (Å²) in [4.78, 5) is 27.0. The topological polar surface area (TPSA) is 95.6 Å². The first-order valence-electron chi connectivity index (χ1n) is 10.1. The van der Waals surface area contributed by atoms with Crippen molar-refractivity contribution in [2.45, 2.75) is 23.6 Å². The van der Waals surface area contributed by atoms with E-state index in [9.17, 15) is 18.0 Å². The highest BCUT2D eigenvalue weighted by molar-refractivity contribution is 8.13. The summed E-state index contributed by atoms with van der Waals surface area (Å²) >= 11 is 1.02. The van der Waals surface area contributed by atoms with Gasteiger partial charge < -0.3 is 10.2 Å². The number of nitrogens with zero attached hydrogens (tertiary/aromatic N) is 1. The second-order valence-electron chi connectivity index (χ2n) is 7.64. The Hall–Kier alpha value is -3.30. The quantitative estimate of drug-likeness (QED) is 0.474. The summed E-state index contributed by atoms with van der Waals surface area (Å²) in [5, 5.41) is 2.65. The number of aryl methyl sites for hydroxylation is 2. The second kappa shape index (κ2) is 10.1. The Morgan fingerprint density at radius 1 is 0.879 bits per heavy atom. The number of rotatable bonds is 6. The van der Waals surface area contributed by atoms with Crippen LogP contribution in [0.15, 0.2) is 76.5 Å². The molecular weight excluding hydrogens is 458 g/mol. The Bertz CT molecular complexity index is 1290. The number of anilines is 2. The van der Waals surface area contributed by atoms with Crippen molar-refractivity contribution in [3.8, 4) is 0 Å². The van der Waals surface area contributed by atoms with Crippen molar-refractivity contribution in [2.75, 3.05) is 24.1 Å². The van der Waals surface area contributed by atoms with Crippen molar-refractivity contribution in [3.05, 3.63) is 83.4 Å². The van der Waals surface area contributed by atoms with Gasteiger partial charge in [0.25, 0.3) is 21.2 Å². The minimum absolute atomic E-state index is 0.155.